The number of hydrogen-bond donors (Lipinski definition) is 0. The van der Waals surface area contributed by atoms with Crippen LogP contribution in [0.1, 0.15) is 21.5 Å². The third kappa shape index (κ3) is 3.05. The van der Waals surface area contributed by atoms with Gasteiger partial charge in [-0.1, -0.05) is 29.8 Å². The number of rotatable bonds is 2. The lowest BCUT2D eigenvalue weighted by Crippen LogP contribution is -2.02. The number of hydrogen-bond acceptors (Lipinski definition) is 3. The van der Waals surface area contributed by atoms with Gasteiger partial charge in [-0.3, -0.25) is 9.36 Å². The van der Waals surface area contributed by atoms with E-state index in [1.54, 1.807) is 23.0 Å². The second-order valence-electron chi connectivity index (χ2n) is 4.47. The Labute approximate surface area is 132 Å². The molecule has 0 spiro atoms. The predicted octanol–water partition coefficient (Wildman–Crippen LogP) is 3.02. The molecule has 0 saturated carbocycles. The van der Waals surface area contributed by atoms with E-state index in [2.05, 4.69) is 21.9 Å². The van der Waals surface area contributed by atoms with E-state index in [4.69, 9.17) is 11.6 Å². The van der Waals surface area contributed by atoms with Gasteiger partial charge in [-0.15, -0.1) is 0 Å². The van der Waals surface area contributed by atoms with Crippen LogP contribution < -0.4 is 0 Å². The molecule has 5 heteroatoms. The van der Waals surface area contributed by atoms with Crippen LogP contribution in [0, 0.1) is 12.0 Å². The highest BCUT2D eigenvalue weighted by Gasteiger charge is 2.14. The maximum atomic E-state index is 12.3. The zero-order valence-corrected chi connectivity index (χ0v) is 12.2. The van der Waals surface area contributed by atoms with Gasteiger partial charge in [0, 0.05) is 35.8 Å². The third-order valence-corrected chi connectivity index (χ3v) is 3.27. The Morgan fingerprint density at radius 1 is 1.18 bits per heavy atom. The summed E-state index contributed by atoms with van der Waals surface area (Å²) in [5.41, 5.74) is 1.67. The van der Waals surface area contributed by atoms with Crippen LogP contribution in [0.4, 0.5) is 0 Å². The van der Waals surface area contributed by atoms with Gasteiger partial charge in [0.1, 0.15) is 11.5 Å². The van der Waals surface area contributed by atoms with E-state index in [1.807, 2.05) is 30.3 Å². The lowest BCUT2D eigenvalue weighted by atomic mass is 10.1. The Kier molecular flexibility index (Phi) is 3.99. The largest absolute Gasteiger partial charge is 0.288 e. The van der Waals surface area contributed by atoms with Crippen LogP contribution in [0.15, 0.2) is 61.3 Å². The van der Waals surface area contributed by atoms with Crippen molar-refractivity contribution in [3.05, 3.63) is 83.2 Å². The highest BCUT2D eigenvalue weighted by molar-refractivity contribution is 6.33. The fraction of sp³-hybridized carbons (Fsp3) is 0. The van der Waals surface area contributed by atoms with Crippen molar-refractivity contribution >= 4 is 17.4 Å². The Bertz CT molecular complexity index is 875. The summed E-state index contributed by atoms with van der Waals surface area (Å²) in [6.07, 6.45) is 6.09. The summed E-state index contributed by atoms with van der Waals surface area (Å²) in [6.45, 7) is 0. The number of carbonyl (C=O) groups is 1. The first-order valence-electron chi connectivity index (χ1n) is 6.49. The molecular formula is C17H10ClN3O. The molecule has 0 atom stereocenters. The number of nitrogens with zero attached hydrogens (tertiary/aromatic N) is 3. The lowest BCUT2D eigenvalue weighted by Gasteiger charge is -1.98. The van der Waals surface area contributed by atoms with Crippen molar-refractivity contribution in [3.8, 4) is 12.0 Å². The van der Waals surface area contributed by atoms with Crippen LogP contribution in [0.3, 0.4) is 0 Å². The maximum Gasteiger partial charge on any atom is 0.199 e. The van der Waals surface area contributed by atoms with Gasteiger partial charge in [-0.25, -0.2) is 9.97 Å². The highest BCUT2D eigenvalue weighted by Crippen LogP contribution is 2.15. The molecule has 1 aromatic carbocycles. The molecule has 3 rings (SSSR count). The molecule has 3 aromatic rings. The highest BCUT2D eigenvalue weighted by atomic mass is 35.5. The van der Waals surface area contributed by atoms with Crippen molar-refractivity contribution in [2.24, 2.45) is 0 Å². The van der Waals surface area contributed by atoms with E-state index in [-0.39, 0.29) is 16.5 Å². The zero-order valence-electron chi connectivity index (χ0n) is 11.4. The van der Waals surface area contributed by atoms with E-state index in [9.17, 15) is 4.79 Å². The standard InChI is InChI=1S/C17H10ClN3O/c18-17-15(10-19-12-20-17)16(22)14-7-9-21(11-14)8-6-13-4-2-1-3-5-13/h1-5,7,9-12H. The molecular weight excluding hydrogens is 298 g/mol. The summed E-state index contributed by atoms with van der Waals surface area (Å²) in [5.74, 6) is 2.78. The van der Waals surface area contributed by atoms with Gasteiger partial charge in [0.05, 0.1) is 5.56 Å². The first-order chi connectivity index (χ1) is 10.7. The van der Waals surface area contributed by atoms with Crippen LogP contribution in [0.25, 0.3) is 0 Å². The Morgan fingerprint density at radius 2 is 2.00 bits per heavy atom. The predicted molar refractivity (Wildman–Crippen MR) is 83.6 cm³/mol. The second-order valence-corrected chi connectivity index (χ2v) is 4.82. The van der Waals surface area contributed by atoms with Crippen LogP contribution in [0.2, 0.25) is 5.15 Å². The van der Waals surface area contributed by atoms with E-state index in [0.717, 1.165) is 5.56 Å². The van der Waals surface area contributed by atoms with Gasteiger partial charge in [-0.2, -0.15) is 0 Å². The van der Waals surface area contributed by atoms with Crippen LogP contribution >= 0.6 is 11.6 Å². The molecule has 0 saturated heterocycles. The van der Waals surface area contributed by atoms with Crippen LogP contribution in [-0.2, 0) is 0 Å². The lowest BCUT2D eigenvalue weighted by molar-refractivity contribution is 0.103. The molecule has 0 bridgehead atoms. The monoisotopic (exact) mass is 307 g/mol. The van der Waals surface area contributed by atoms with Gasteiger partial charge in [0.25, 0.3) is 0 Å². The summed E-state index contributed by atoms with van der Waals surface area (Å²) in [4.78, 5) is 20.0. The number of halogens is 1. The molecule has 0 radical (unpaired) electrons. The van der Waals surface area contributed by atoms with Crippen molar-refractivity contribution in [1.29, 1.82) is 0 Å². The van der Waals surface area contributed by atoms with E-state index < -0.39 is 0 Å². The Balaban J connectivity index is 1.84. The van der Waals surface area contributed by atoms with Crippen molar-refractivity contribution in [1.82, 2.24) is 14.5 Å². The average Bonchev–Trinajstić information content (AvgIpc) is 3.03. The number of benzene rings is 1. The summed E-state index contributed by atoms with van der Waals surface area (Å²) in [7, 11) is 0. The van der Waals surface area contributed by atoms with Crippen molar-refractivity contribution in [3.63, 3.8) is 0 Å². The summed E-state index contributed by atoms with van der Waals surface area (Å²) in [5, 5.41) is 0.142. The smallest absolute Gasteiger partial charge is 0.199 e. The molecule has 0 aliphatic rings. The van der Waals surface area contributed by atoms with Crippen LogP contribution in [-0.4, -0.2) is 20.3 Å². The van der Waals surface area contributed by atoms with E-state index in [0.29, 0.717) is 5.56 Å². The Hall–Kier alpha value is -2.90. The summed E-state index contributed by atoms with van der Waals surface area (Å²) in [6, 6.07) is 14.3. The minimum Gasteiger partial charge on any atom is -0.288 e. The van der Waals surface area contributed by atoms with Crippen molar-refractivity contribution in [2.45, 2.75) is 0 Å². The second kappa shape index (κ2) is 6.25. The normalized spacial score (nSPS) is 9.86. The van der Waals surface area contributed by atoms with Crippen LogP contribution in [0.5, 0.6) is 0 Å². The first-order valence-corrected chi connectivity index (χ1v) is 6.87. The number of ketones is 1. The fourth-order valence-electron chi connectivity index (χ4n) is 1.87. The molecule has 2 aromatic heterocycles. The maximum absolute atomic E-state index is 12.3. The number of aromatic nitrogens is 3. The van der Waals surface area contributed by atoms with Crippen molar-refractivity contribution in [2.75, 3.05) is 0 Å². The van der Waals surface area contributed by atoms with Gasteiger partial charge in [-0.05, 0) is 24.1 Å². The number of carbonyl (C=O) groups excluding carboxylic acids is 1. The van der Waals surface area contributed by atoms with E-state index in [1.165, 1.54) is 12.5 Å². The SMILES string of the molecule is O=C(c1ccn(C#Cc2ccccc2)c1)c1cncnc1Cl. The first kappa shape index (κ1) is 14.1. The molecule has 0 N–H and O–H groups in total. The van der Waals surface area contributed by atoms with Gasteiger partial charge < -0.3 is 0 Å². The minimum atomic E-state index is -0.231. The minimum absolute atomic E-state index is 0.142. The van der Waals surface area contributed by atoms with Gasteiger partial charge in [0.15, 0.2) is 5.78 Å². The molecule has 0 amide bonds. The topological polar surface area (TPSA) is 47.8 Å². The van der Waals surface area contributed by atoms with Gasteiger partial charge >= 0.3 is 0 Å². The molecule has 2 heterocycles. The molecule has 4 nitrogen and oxygen atoms in total. The Morgan fingerprint density at radius 3 is 2.77 bits per heavy atom. The molecule has 0 unspecified atom stereocenters. The average molecular weight is 308 g/mol. The van der Waals surface area contributed by atoms with Gasteiger partial charge in [0.2, 0.25) is 0 Å². The summed E-state index contributed by atoms with van der Waals surface area (Å²) >= 11 is 5.91. The molecule has 0 aliphatic heterocycles. The fourth-order valence-corrected chi connectivity index (χ4v) is 2.05. The third-order valence-electron chi connectivity index (χ3n) is 2.97. The van der Waals surface area contributed by atoms with Crippen molar-refractivity contribution < 1.29 is 4.79 Å². The molecule has 0 fully saturated rings. The van der Waals surface area contributed by atoms with E-state index >= 15 is 0 Å². The molecule has 0 aliphatic carbocycles. The zero-order chi connectivity index (χ0) is 15.4. The molecule has 22 heavy (non-hydrogen) atoms. The molecule has 106 valence electrons. The quantitative estimate of drug-likeness (QED) is 0.415. The summed E-state index contributed by atoms with van der Waals surface area (Å²) < 4.78 is 1.64.